The lowest BCUT2D eigenvalue weighted by Crippen LogP contribution is -1.99. The molecule has 0 amide bonds. The fourth-order valence-corrected chi connectivity index (χ4v) is 1.34. The number of aromatic nitrogens is 1. The van der Waals surface area contributed by atoms with Crippen molar-refractivity contribution in [2.24, 2.45) is 0 Å². The lowest BCUT2D eigenvalue weighted by Gasteiger charge is -2.05. The summed E-state index contributed by atoms with van der Waals surface area (Å²) in [6.45, 7) is 0.00410. The van der Waals surface area contributed by atoms with Gasteiger partial charge in [-0.2, -0.15) is 0 Å². The molecule has 1 aliphatic carbocycles. The Morgan fingerprint density at radius 3 is 3.00 bits per heavy atom. The molecule has 1 heterocycles. The third kappa shape index (κ3) is 2.19. The van der Waals surface area contributed by atoms with Crippen LogP contribution in [0, 0.1) is 0 Å². The van der Waals surface area contributed by atoms with Gasteiger partial charge in [0.1, 0.15) is 6.10 Å². The second-order valence-corrected chi connectivity index (χ2v) is 3.94. The number of halogens is 1. The molecule has 0 bridgehead atoms. The molecular formula is C9H10BrNO2. The van der Waals surface area contributed by atoms with Crippen LogP contribution in [0.4, 0.5) is 0 Å². The van der Waals surface area contributed by atoms with E-state index in [1.165, 1.54) is 0 Å². The molecule has 4 heteroatoms. The van der Waals surface area contributed by atoms with Gasteiger partial charge in [0.15, 0.2) is 0 Å². The standard InChI is InChI=1S/C9H10BrNO2/c10-8-4-11-9(3-6(8)5-12)13-7-1-2-7/h3-4,7,12H,1-2,5H2. The highest BCUT2D eigenvalue weighted by Gasteiger charge is 2.24. The number of aliphatic hydroxyl groups excluding tert-OH is 1. The van der Waals surface area contributed by atoms with E-state index < -0.39 is 0 Å². The van der Waals surface area contributed by atoms with E-state index in [2.05, 4.69) is 20.9 Å². The molecule has 1 aromatic heterocycles. The molecule has 1 aromatic rings. The highest BCUT2D eigenvalue weighted by Crippen LogP contribution is 2.27. The minimum Gasteiger partial charge on any atom is -0.474 e. The van der Waals surface area contributed by atoms with Gasteiger partial charge in [-0.1, -0.05) is 0 Å². The van der Waals surface area contributed by atoms with Crippen molar-refractivity contribution in [3.63, 3.8) is 0 Å². The Balaban J connectivity index is 2.16. The highest BCUT2D eigenvalue weighted by atomic mass is 79.9. The average Bonchev–Trinajstić information content (AvgIpc) is 2.92. The second-order valence-electron chi connectivity index (χ2n) is 3.09. The van der Waals surface area contributed by atoms with Gasteiger partial charge < -0.3 is 9.84 Å². The third-order valence-electron chi connectivity index (χ3n) is 1.89. The van der Waals surface area contributed by atoms with E-state index in [4.69, 9.17) is 9.84 Å². The van der Waals surface area contributed by atoms with Crippen LogP contribution >= 0.6 is 15.9 Å². The summed E-state index contributed by atoms with van der Waals surface area (Å²) in [6.07, 6.45) is 4.24. The predicted molar refractivity (Wildman–Crippen MR) is 51.5 cm³/mol. The van der Waals surface area contributed by atoms with E-state index in [1.807, 2.05) is 0 Å². The molecule has 1 fully saturated rings. The van der Waals surface area contributed by atoms with Crippen LogP contribution in [0.15, 0.2) is 16.7 Å². The molecule has 1 aliphatic rings. The number of aliphatic hydroxyl groups is 1. The highest BCUT2D eigenvalue weighted by molar-refractivity contribution is 9.10. The smallest absolute Gasteiger partial charge is 0.213 e. The van der Waals surface area contributed by atoms with Gasteiger partial charge in [0, 0.05) is 16.7 Å². The van der Waals surface area contributed by atoms with E-state index in [0.717, 1.165) is 22.9 Å². The van der Waals surface area contributed by atoms with Crippen molar-refractivity contribution < 1.29 is 9.84 Å². The zero-order chi connectivity index (χ0) is 9.26. The molecule has 0 atom stereocenters. The van der Waals surface area contributed by atoms with Crippen molar-refractivity contribution in [3.8, 4) is 5.88 Å². The lowest BCUT2D eigenvalue weighted by atomic mass is 10.3. The Labute approximate surface area is 84.9 Å². The van der Waals surface area contributed by atoms with Crippen LogP contribution in [0.5, 0.6) is 5.88 Å². The van der Waals surface area contributed by atoms with E-state index in [-0.39, 0.29) is 6.61 Å². The molecule has 13 heavy (non-hydrogen) atoms. The Hall–Kier alpha value is -0.610. The van der Waals surface area contributed by atoms with Crippen molar-refractivity contribution in [1.29, 1.82) is 0 Å². The molecule has 3 nitrogen and oxygen atoms in total. The number of hydrogen-bond acceptors (Lipinski definition) is 3. The van der Waals surface area contributed by atoms with Crippen molar-refractivity contribution in [3.05, 3.63) is 22.3 Å². The van der Waals surface area contributed by atoms with Crippen molar-refractivity contribution in [2.75, 3.05) is 0 Å². The van der Waals surface area contributed by atoms with Crippen molar-refractivity contribution in [1.82, 2.24) is 4.98 Å². The molecule has 70 valence electrons. The number of nitrogens with zero attached hydrogens (tertiary/aromatic N) is 1. The molecule has 1 N–H and O–H groups in total. The molecule has 0 aliphatic heterocycles. The first-order chi connectivity index (χ1) is 6.29. The minimum atomic E-state index is 0.00410. The van der Waals surface area contributed by atoms with Crippen LogP contribution in [0.2, 0.25) is 0 Å². The number of hydrogen-bond donors (Lipinski definition) is 1. The zero-order valence-electron chi connectivity index (χ0n) is 7.03. The van der Waals surface area contributed by atoms with E-state index in [0.29, 0.717) is 12.0 Å². The fourth-order valence-electron chi connectivity index (χ4n) is 1.00. The van der Waals surface area contributed by atoms with Gasteiger partial charge in [0.25, 0.3) is 0 Å². The van der Waals surface area contributed by atoms with Gasteiger partial charge in [-0.15, -0.1) is 0 Å². The van der Waals surface area contributed by atoms with Gasteiger partial charge in [0.2, 0.25) is 5.88 Å². The fraction of sp³-hybridized carbons (Fsp3) is 0.444. The van der Waals surface area contributed by atoms with Crippen LogP contribution in [0.3, 0.4) is 0 Å². The van der Waals surface area contributed by atoms with Crippen LogP contribution in [0.25, 0.3) is 0 Å². The van der Waals surface area contributed by atoms with Crippen LogP contribution in [-0.2, 0) is 6.61 Å². The monoisotopic (exact) mass is 243 g/mol. The van der Waals surface area contributed by atoms with Gasteiger partial charge in [0.05, 0.1) is 6.61 Å². The van der Waals surface area contributed by atoms with Gasteiger partial charge >= 0.3 is 0 Å². The van der Waals surface area contributed by atoms with E-state index >= 15 is 0 Å². The molecule has 0 radical (unpaired) electrons. The Kier molecular flexibility index (Phi) is 2.51. The Bertz CT molecular complexity index is 312. The van der Waals surface area contributed by atoms with Gasteiger partial charge in [-0.25, -0.2) is 4.98 Å². The molecule has 1 saturated carbocycles. The molecule has 0 spiro atoms. The quantitative estimate of drug-likeness (QED) is 0.882. The van der Waals surface area contributed by atoms with E-state index in [9.17, 15) is 0 Å². The first-order valence-corrected chi connectivity index (χ1v) is 5.01. The topological polar surface area (TPSA) is 42.4 Å². The zero-order valence-corrected chi connectivity index (χ0v) is 8.62. The normalized spacial score (nSPS) is 15.8. The maximum atomic E-state index is 8.98. The predicted octanol–water partition coefficient (Wildman–Crippen LogP) is 1.88. The molecule has 2 rings (SSSR count). The summed E-state index contributed by atoms with van der Waals surface area (Å²) in [5.41, 5.74) is 0.811. The number of pyridine rings is 1. The maximum absolute atomic E-state index is 8.98. The Morgan fingerprint density at radius 2 is 2.38 bits per heavy atom. The summed E-state index contributed by atoms with van der Waals surface area (Å²) in [4.78, 5) is 4.09. The lowest BCUT2D eigenvalue weighted by molar-refractivity contribution is 0.273. The van der Waals surface area contributed by atoms with Crippen LogP contribution in [0.1, 0.15) is 18.4 Å². The maximum Gasteiger partial charge on any atom is 0.213 e. The Morgan fingerprint density at radius 1 is 1.62 bits per heavy atom. The largest absolute Gasteiger partial charge is 0.474 e. The molecule has 0 saturated heterocycles. The second kappa shape index (κ2) is 3.64. The summed E-state index contributed by atoms with van der Waals surface area (Å²) < 4.78 is 6.30. The summed E-state index contributed by atoms with van der Waals surface area (Å²) in [5.74, 6) is 0.606. The SMILES string of the molecule is OCc1cc(OC2CC2)ncc1Br. The van der Waals surface area contributed by atoms with Crippen molar-refractivity contribution in [2.45, 2.75) is 25.6 Å². The summed E-state index contributed by atoms with van der Waals surface area (Å²) >= 11 is 3.29. The van der Waals surface area contributed by atoms with Crippen LogP contribution in [-0.4, -0.2) is 16.2 Å². The van der Waals surface area contributed by atoms with Gasteiger partial charge in [-0.3, -0.25) is 0 Å². The van der Waals surface area contributed by atoms with Crippen molar-refractivity contribution >= 4 is 15.9 Å². The molecule has 0 unspecified atom stereocenters. The van der Waals surface area contributed by atoms with Gasteiger partial charge in [-0.05, 0) is 34.3 Å². The first kappa shape index (κ1) is 8.97. The molecule has 0 aromatic carbocycles. The summed E-state index contributed by atoms with van der Waals surface area (Å²) in [5, 5.41) is 8.98. The average molecular weight is 244 g/mol. The summed E-state index contributed by atoms with van der Waals surface area (Å²) in [7, 11) is 0. The third-order valence-corrected chi connectivity index (χ3v) is 2.61. The first-order valence-electron chi connectivity index (χ1n) is 4.21. The van der Waals surface area contributed by atoms with E-state index in [1.54, 1.807) is 12.3 Å². The van der Waals surface area contributed by atoms with Crippen LogP contribution < -0.4 is 4.74 Å². The number of rotatable bonds is 3. The molecular weight excluding hydrogens is 234 g/mol. The minimum absolute atomic E-state index is 0.00410. The summed E-state index contributed by atoms with van der Waals surface area (Å²) in [6, 6.07) is 1.77. The number of ether oxygens (including phenoxy) is 1.